The summed E-state index contributed by atoms with van der Waals surface area (Å²) in [5.74, 6) is 0.606. The van der Waals surface area contributed by atoms with E-state index in [-0.39, 0.29) is 0 Å². The van der Waals surface area contributed by atoms with Crippen LogP contribution in [0.25, 0.3) is 10.9 Å². The normalized spacial score (nSPS) is 11.4. The van der Waals surface area contributed by atoms with Crippen molar-refractivity contribution in [2.45, 2.75) is 20.0 Å². The second-order valence-corrected chi connectivity index (χ2v) is 6.32. The summed E-state index contributed by atoms with van der Waals surface area (Å²) in [6, 6.07) is 10.2. The molecule has 5 heteroatoms. The molecule has 4 nitrogen and oxygen atoms in total. The summed E-state index contributed by atoms with van der Waals surface area (Å²) in [4.78, 5) is 11.2. The maximum Gasteiger partial charge on any atom is 0.128 e. The summed E-state index contributed by atoms with van der Waals surface area (Å²) in [6.45, 7) is 3.61. The molecule has 1 aromatic carbocycles. The van der Waals surface area contributed by atoms with E-state index < -0.39 is 0 Å². The van der Waals surface area contributed by atoms with Gasteiger partial charge in [-0.05, 0) is 26.1 Å². The van der Waals surface area contributed by atoms with Gasteiger partial charge < -0.3 is 5.73 Å². The third kappa shape index (κ3) is 3.20. The Morgan fingerprint density at radius 3 is 2.76 bits per heavy atom. The first-order valence-electron chi connectivity index (χ1n) is 6.85. The maximum atomic E-state index is 6.08. The van der Waals surface area contributed by atoms with E-state index in [1.54, 1.807) is 11.3 Å². The number of fused-ring (bicyclic) bond motifs is 1. The predicted molar refractivity (Wildman–Crippen MR) is 88.2 cm³/mol. The zero-order valence-electron chi connectivity index (χ0n) is 12.2. The molecule has 2 heterocycles. The first-order valence-corrected chi connectivity index (χ1v) is 7.73. The number of nitrogens with zero attached hydrogens (tertiary/aromatic N) is 3. The third-order valence-corrected chi connectivity index (χ3v) is 4.20. The molecule has 0 fully saturated rings. The number of aryl methyl sites for hydroxylation is 1. The fourth-order valence-electron chi connectivity index (χ4n) is 2.41. The van der Waals surface area contributed by atoms with Crippen LogP contribution in [0.15, 0.2) is 35.7 Å². The Hall–Kier alpha value is -1.98. The number of thiazole rings is 1. The smallest absolute Gasteiger partial charge is 0.128 e. The van der Waals surface area contributed by atoms with Crippen LogP contribution in [-0.2, 0) is 13.1 Å². The van der Waals surface area contributed by atoms with Crippen LogP contribution in [0.2, 0.25) is 0 Å². The Morgan fingerprint density at radius 1 is 1.19 bits per heavy atom. The highest BCUT2D eigenvalue weighted by Gasteiger charge is 2.09. The van der Waals surface area contributed by atoms with Crippen molar-refractivity contribution in [1.82, 2.24) is 14.9 Å². The number of nitrogens with two attached hydrogens (primary N) is 1. The average molecular weight is 298 g/mol. The molecule has 0 spiro atoms. The number of hydrogen-bond acceptors (Lipinski definition) is 5. The van der Waals surface area contributed by atoms with Gasteiger partial charge in [-0.2, -0.15) is 0 Å². The van der Waals surface area contributed by atoms with Crippen molar-refractivity contribution >= 4 is 28.1 Å². The molecular weight excluding hydrogens is 280 g/mol. The number of hydrogen-bond donors (Lipinski definition) is 1. The summed E-state index contributed by atoms with van der Waals surface area (Å²) in [5.41, 5.74) is 9.18. The van der Waals surface area contributed by atoms with Gasteiger partial charge in [0.05, 0.1) is 16.2 Å². The van der Waals surface area contributed by atoms with Gasteiger partial charge in [0.25, 0.3) is 0 Å². The lowest BCUT2D eigenvalue weighted by molar-refractivity contribution is 0.316. The second kappa shape index (κ2) is 5.79. The van der Waals surface area contributed by atoms with Gasteiger partial charge in [-0.3, -0.25) is 4.90 Å². The average Bonchev–Trinajstić information content (AvgIpc) is 2.85. The zero-order chi connectivity index (χ0) is 14.8. The standard InChI is InChI=1S/C16H18N4S/c1-11-18-14(10-21-11)9-20(2)8-13-7-12-5-3-4-6-15(12)19-16(13)17/h3-7,10H,8-9H2,1-2H3,(H2,17,19). The van der Waals surface area contributed by atoms with Gasteiger partial charge in [0.2, 0.25) is 0 Å². The van der Waals surface area contributed by atoms with Crippen molar-refractivity contribution in [2.75, 3.05) is 12.8 Å². The first kappa shape index (κ1) is 14.0. The molecule has 0 radical (unpaired) electrons. The van der Waals surface area contributed by atoms with Gasteiger partial charge in [-0.25, -0.2) is 9.97 Å². The van der Waals surface area contributed by atoms with Gasteiger partial charge in [0.15, 0.2) is 0 Å². The molecule has 0 saturated carbocycles. The number of para-hydroxylation sites is 1. The third-order valence-electron chi connectivity index (χ3n) is 3.38. The predicted octanol–water partition coefficient (Wildman–Crippen LogP) is 3.21. The van der Waals surface area contributed by atoms with Crippen LogP contribution in [0.4, 0.5) is 5.82 Å². The summed E-state index contributed by atoms with van der Waals surface area (Å²) in [5, 5.41) is 4.33. The Balaban J connectivity index is 1.79. The zero-order valence-corrected chi connectivity index (χ0v) is 13.0. The molecule has 0 aliphatic carbocycles. The fourth-order valence-corrected chi connectivity index (χ4v) is 3.01. The molecule has 0 saturated heterocycles. The molecule has 2 N–H and O–H groups in total. The number of nitrogen functional groups attached to an aromatic ring is 1. The van der Waals surface area contributed by atoms with E-state index in [0.29, 0.717) is 5.82 Å². The van der Waals surface area contributed by atoms with Crippen LogP contribution in [0.5, 0.6) is 0 Å². The molecule has 0 aliphatic rings. The van der Waals surface area contributed by atoms with Crippen molar-refractivity contribution < 1.29 is 0 Å². The molecule has 108 valence electrons. The molecule has 0 unspecified atom stereocenters. The van der Waals surface area contributed by atoms with Crippen molar-refractivity contribution in [3.8, 4) is 0 Å². The minimum Gasteiger partial charge on any atom is -0.383 e. The number of benzene rings is 1. The number of aromatic nitrogens is 2. The quantitative estimate of drug-likeness (QED) is 0.803. The van der Waals surface area contributed by atoms with Crippen molar-refractivity contribution in [1.29, 1.82) is 0 Å². The van der Waals surface area contributed by atoms with E-state index in [1.165, 1.54) is 0 Å². The molecular formula is C16H18N4S. The van der Waals surface area contributed by atoms with E-state index in [4.69, 9.17) is 5.73 Å². The lowest BCUT2D eigenvalue weighted by Gasteiger charge is -2.16. The molecule has 3 aromatic rings. The molecule has 0 amide bonds. The minimum atomic E-state index is 0.606. The largest absolute Gasteiger partial charge is 0.383 e. The highest BCUT2D eigenvalue weighted by atomic mass is 32.1. The summed E-state index contributed by atoms with van der Waals surface area (Å²) in [6.07, 6.45) is 0. The van der Waals surface area contributed by atoms with Crippen molar-refractivity contribution in [3.63, 3.8) is 0 Å². The Bertz CT molecular complexity index is 766. The van der Waals surface area contributed by atoms with Crippen LogP contribution in [-0.4, -0.2) is 21.9 Å². The van der Waals surface area contributed by atoms with E-state index in [2.05, 4.69) is 39.4 Å². The Labute approximate surface area is 128 Å². The van der Waals surface area contributed by atoms with E-state index in [1.807, 2.05) is 25.1 Å². The second-order valence-electron chi connectivity index (χ2n) is 5.26. The number of pyridine rings is 1. The highest BCUT2D eigenvalue weighted by Crippen LogP contribution is 2.20. The summed E-state index contributed by atoms with van der Waals surface area (Å²) < 4.78 is 0. The molecule has 0 bridgehead atoms. The van der Waals surface area contributed by atoms with Crippen LogP contribution in [0.1, 0.15) is 16.3 Å². The molecule has 0 atom stereocenters. The first-order chi connectivity index (χ1) is 10.1. The van der Waals surface area contributed by atoms with Crippen LogP contribution in [0, 0.1) is 6.92 Å². The van der Waals surface area contributed by atoms with Crippen LogP contribution in [0.3, 0.4) is 0 Å². The SMILES string of the molecule is Cc1nc(CN(C)Cc2cc3ccccc3nc2N)cs1. The monoisotopic (exact) mass is 298 g/mol. The Kier molecular flexibility index (Phi) is 3.86. The van der Waals surface area contributed by atoms with Crippen LogP contribution < -0.4 is 5.73 Å². The van der Waals surface area contributed by atoms with E-state index in [9.17, 15) is 0 Å². The molecule has 2 aromatic heterocycles. The van der Waals surface area contributed by atoms with Crippen molar-refractivity contribution in [3.05, 3.63) is 52.0 Å². The molecule has 0 aliphatic heterocycles. The number of anilines is 1. The van der Waals surface area contributed by atoms with Gasteiger partial charge in [-0.1, -0.05) is 18.2 Å². The van der Waals surface area contributed by atoms with Gasteiger partial charge in [-0.15, -0.1) is 11.3 Å². The molecule has 3 rings (SSSR count). The van der Waals surface area contributed by atoms with Gasteiger partial charge in [0.1, 0.15) is 5.82 Å². The van der Waals surface area contributed by atoms with Crippen molar-refractivity contribution in [2.24, 2.45) is 0 Å². The molecule has 21 heavy (non-hydrogen) atoms. The number of rotatable bonds is 4. The highest BCUT2D eigenvalue weighted by molar-refractivity contribution is 7.09. The van der Waals surface area contributed by atoms with Gasteiger partial charge in [0, 0.05) is 29.4 Å². The minimum absolute atomic E-state index is 0.606. The summed E-state index contributed by atoms with van der Waals surface area (Å²) >= 11 is 1.68. The fraction of sp³-hybridized carbons (Fsp3) is 0.250. The topological polar surface area (TPSA) is 55.0 Å². The lowest BCUT2D eigenvalue weighted by atomic mass is 10.1. The Morgan fingerprint density at radius 2 is 2.00 bits per heavy atom. The van der Waals surface area contributed by atoms with Crippen LogP contribution >= 0.6 is 11.3 Å². The van der Waals surface area contributed by atoms with E-state index >= 15 is 0 Å². The maximum absolute atomic E-state index is 6.08. The van der Waals surface area contributed by atoms with Gasteiger partial charge >= 0.3 is 0 Å². The lowest BCUT2D eigenvalue weighted by Crippen LogP contribution is -2.18. The summed E-state index contributed by atoms with van der Waals surface area (Å²) in [7, 11) is 2.07. The van der Waals surface area contributed by atoms with E-state index in [0.717, 1.165) is 40.3 Å².